The maximum atomic E-state index is 12.9. The van der Waals surface area contributed by atoms with E-state index in [9.17, 15) is 4.39 Å². The minimum atomic E-state index is -0.218. The molecule has 3 rings (SSSR count). The van der Waals surface area contributed by atoms with E-state index in [1.807, 2.05) is 12.1 Å². The van der Waals surface area contributed by atoms with E-state index in [4.69, 9.17) is 4.42 Å². The molecule has 2 aromatic rings. The minimum Gasteiger partial charge on any atom is -0.455 e. The molecule has 1 fully saturated rings. The first-order chi connectivity index (χ1) is 9.31. The van der Waals surface area contributed by atoms with Crippen molar-refractivity contribution < 1.29 is 14.1 Å². The van der Waals surface area contributed by atoms with E-state index in [0.29, 0.717) is 0 Å². The van der Waals surface area contributed by atoms with Crippen molar-refractivity contribution in [1.82, 2.24) is 0 Å². The Morgan fingerprint density at radius 2 is 1.79 bits per heavy atom. The van der Waals surface area contributed by atoms with E-state index >= 15 is 0 Å². The lowest BCUT2D eigenvalue weighted by molar-refractivity contribution is -0.704. The largest absolute Gasteiger partial charge is 0.455 e. The van der Waals surface area contributed by atoms with Gasteiger partial charge in [0, 0.05) is 5.56 Å². The molecule has 0 amide bonds. The van der Waals surface area contributed by atoms with Crippen LogP contribution in [0.2, 0.25) is 0 Å². The molecule has 1 heterocycles. The van der Waals surface area contributed by atoms with Crippen molar-refractivity contribution in [2.24, 2.45) is 0 Å². The van der Waals surface area contributed by atoms with Crippen LogP contribution in [0, 0.1) is 5.82 Å². The first kappa shape index (κ1) is 12.4. The van der Waals surface area contributed by atoms with Gasteiger partial charge in [0.2, 0.25) is 0 Å². The molecule has 1 saturated carbocycles. The van der Waals surface area contributed by atoms with Crippen LogP contribution in [0.15, 0.2) is 40.8 Å². The van der Waals surface area contributed by atoms with E-state index in [-0.39, 0.29) is 5.82 Å². The highest BCUT2D eigenvalue weighted by Gasteiger charge is 2.18. The molecule has 1 aliphatic carbocycles. The van der Waals surface area contributed by atoms with Crippen molar-refractivity contribution in [2.45, 2.75) is 38.3 Å². The lowest BCUT2D eigenvalue weighted by Crippen LogP contribution is -2.87. The van der Waals surface area contributed by atoms with E-state index in [1.54, 1.807) is 12.1 Å². The second-order valence-corrected chi connectivity index (χ2v) is 5.26. The van der Waals surface area contributed by atoms with Crippen molar-refractivity contribution in [1.29, 1.82) is 0 Å². The fourth-order valence-electron chi connectivity index (χ4n) is 2.73. The lowest BCUT2D eigenvalue weighted by Gasteiger charge is -2.06. The Hall–Kier alpha value is -1.61. The average molecular weight is 260 g/mol. The Morgan fingerprint density at radius 3 is 2.53 bits per heavy atom. The predicted molar refractivity (Wildman–Crippen MR) is 72.0 cm³/mol. The molecule has 0 atom stereocenters. The summed E-state index contributed by atoms with van der Waals surface area (Å²) in [5.74, 6) is 1.59. The van der Waals surface area contributed by atoms with Gasteiger partial charge in [-0.3, -0.25) is 0 Å². The molecule has 3 heteroatoms. The van der Waals surface area contributed by atoms with Crippen molar-refractivity contribution in [3.05, 3.63) is 48.0 Å². The first-order valence-electron chi connectivity index (χ1n) is 6.99. The zero-order valence-corrected chi connectivity index (χ0v) is 10.9. The van der Waals surface area contributed by atoms with Crippen molar-refractivity contribution >= 4 is 0 Å². The van der Waals surface area contributed by atoms with E-state index < -0.39 is 0 Å². The molecule has 0 unspecified atom stereocenters. The number of nitrogens with two attached hydrogens (primary N) is 1. The topological polar surface area (TPSA) is 29.8 Å². The normalized spacial score (nSPS) is 16.1. The predicted octanol–water partition coefficient (Wildman–Crippen LogP) is 3.09. The summed E-state index contributed by atoms with van der Waals surface area (Å²) >= 11 is 0. The number of benzene rings is 1. The molecule has 0 aliphatic heterocycles. The van der Waals surface area contributed by atoms with Crippen molar-refractivity contribution in [3.8, 4) is 11.3 Å². The quantitative estimate of drug-likeness (QED) is 0.899. The Bertz CT molecular complexity index is 526. The molecule has 0 spiro atoms. The van der Waals surface area contributed by atoms with Gasteiger partial charge >= 0.3 is 0 Å². The number of rotatable bonds is 4. The molecule has 1 aromatic heterocycles. The summed E-state index contributed by atoms with van der Waals surface area (Å²) in [6, 6.07) is 11.2. The van der Waals surface area contributed by atoms with Crippen LogP contribution in [0.3, 0.4) is 0 Å². The van der Waals surface area contributed by atoms with Gasteiger partial charge in [0.15, 0.2) is 5.76 Å². The third-order valence-electron chi connectivity index (χ3n) is 3.84. The Morgan fingerprint density at radius 1 is 1.05 bits per heavy atom. The van der Waals surface area contributed by atoms with Crippen LogP contribution in [-0.2, 0) is 6.54 Å². The highest BCUT2D eigenvalue weighted by atomic mass is 19.1. The lowest BCUT2D eigenvalue weighted by atomic mass is 10.2. The van der Waals surface area contributed by atoms with Gasteiger partial charge in [-0.15, -0.1) is 0 Å². The molecular formula is C16H19FNO+. The first-order valence-corrected chi connectivity index (χ1v) is 6.99. The monoisotopic (exact) mass is 260 g/mol. The third kappa shape index (κ3) is 3.04. The molecule has 19 heavy (non-hydrogen) atoms. The molecule has 100 valence electrons. The van der Waals surface area contributed by atoms with Gasteiger partial charge in [-0.25, -0.2) is 4.39 Å². The summed E-state index contributed by atoms with van der Waals surface area (Å²) in [7, 11) is 0. The van der Waals surface area contributed by atoms with Crippen molar-refractivity contribution in [2.75, 3.05) is 0 Å². The summed E-state index contributed by atoms with van der Waals surface area (Å²) in [5, 5.41) is 2.38. The SMILES string of the molecule is Fc1ccc(-c2ccc(C[NH2+]C3CCCC3)o2)cc1. The summed E-state index contributed by atoms with van der Waals surface area (Å²) in [6.07, 6.45) is 5.37. The van der Waals surface area contributed by atoms with Gasteiger partial charge < -0.3 is 9.73 Å². The number of furan rings is 1. The van der Waals surface area contributed by atoms with Gasteiger partial charge in [-0.2, -0.15) is 0 Å². The highest BCUT2D eigenvalue weighted by Crippen LogP contribution is 2.22. The minimum absolute atomic E-state index is 0.218. The summed E-state index contributed by atoms with van der Waals surface area (Å²) in [4.78, 5) is 0. The van der Waals surface area contributed by atoms with Crippen LogP contribution in [0.25, 0.3) is 11.3 Å². The maximum Gasteiger partial charge on any atom is 0.158 e. The molecule has 2 N–H and O–H groups in total. The molecule has 0 radical (unpaired) electrons. The van der Waals surface area contributed by atoms with Gasteiger partial charge in [0.25, 0.3) is 0 Å². The second kappa shape index (κ2) is 5.57. The zero-order valence-electron chi connectivity index (χ0n) is 10.9. The van der Waals surface area contributed by atoms with Crippen LogP contribution >= 0.6 is 0 Å². The van der Waals surface area contributed by atoms with Crippen molar-refractivity contribution in [3.63, 3.8) is 0 Å². The zero-order chi connectivity index (χ0) is 13.1. The van der Waals surface area contributed by atoms with E-state index in [1.165, 1.54) is 37.8 Å². The van der Waals surface area contributed by atoms with Crippen LogP contribution in [-0.4, -0.2) is 6.04 Å². The van der Waals surface area contributed by atoms with Gasteiger partial charge in [-0.1, -0.05) is 0 Å². The Balaban J connectivity index is 1.63. The fourth-order valence-corrected chi connectivity index (χ4v) is 2.73. The molecular weight excluding hydrogens is 241 g/mol. The summed E-state index contributed by atoms with van der Waals surface area (Å²) < 4.78 is 18.7. The van der Waals surface area contributed by atoms with Crippen LogP contribution in [0.4, 0.5) is 4.39 Å². The number of hydrogen-bond acceptors (Lipinski definition) is 1. The van der Waals surface area contributed by atoms with Crippen LogP contribution in [0.1, 0.15) is 31.4 Å². The highest BCUT2D eigenvalue weighted by molar-refractivity contribution is 5.57. The van der Waals surface area contributed by atoms with E-state index in [0.717, 1.165) is 29.7 Å². The molecule has 0 saturated heterocycles. The number of quaternary nitrogens is 1. The Kier molecular flexibility index (Phi) is 3.65. The summed E-state index contributed by atoms with van der Waals surface area (Å²) in [6.45, 7) is 0.895. The average Bonchev–Trinajstić information content (AvgIpc) is 3.09. The van der Waals surface area contributed by atoms with Gasteiger partial charge in [0.1, 0.15) is 18.1 Å². The molecule has 1 aliphatic rings. The van der Waals surface area contributed by atoms with Crippen LogP contribution in [0.5, 0.6) is 0 Å². The molecule has 1 aromatic carbocycles. The third-order valence-corrected chi connectivity index (χ3v) is 3.84. The summed E-state index contributed by atoms with van der Waals surface area (Å²) in [5.41, 5.74) is 0.925. The Labute approximate surface area is 112 Å². The van der Waals surface area contributed by atoms with Crippen LogP contribution < -0.4 is 5.32 Å². The second-order valence-electron chi connectivity index (χ2n) is 5.26. The molecule has 0 bridgehead atoms. The van der Waals surface area contributed by atoms with E-state index in [2.05, 4.69) is 5.32 Å². The maximum absolute atomic E-state index is 12.9. The standard InChI is InChI=1S/C16H18FNO/c17-13-7-5-12(6-8-13)16-10-9-15(19-16)11-18-14-3-1-2-4-14/h5-10,14,18H,1-4,11H2/p+1. The molecule has 2 nitrogen and oxygen atoms in total. The van der Waals surface area contributed by atoms with Gasteiger partial charge in [-0.05, 0) is 62.1 Å². The fraction of sp³-hybridized carbons (Fsp3) is 0.375. The number of hydrogen-bond donors (Lipinski definition) is 1. The van der Waals surface area contributed by atoms with Gasteiger partial charge in [0.05, 0.1) is 6.04 Å². The number of halogens is 1. The smallest absolute Gasteiger partial charge is 0.158 e.